The van der Waals surface area contributed by atoms with Crippen molar-refractivity contribution >= 4 is 16.9 Å². The average molecular weight is 261 g/mol. The molecule has 0 atom stereocenters. The first-order chi connectivity index (χ1) is 9.15. The Kier molecular flexibility index (Phi) is 4.10. The Balaban J connectivity index is 2.34. The lowest BCUT2D eigenvalue weighted by atomic mass is 10.1. The fourth-order valence-electron chi connectivity index (χ4n) is 2.10. The molecule has 2 N–H and O–H groups in total. The van der Waals surface area contributed by atoms with Crippen molar-refractivity contribution in [1.29, 1.82) is 0 Å². The van der Waals surface area contributed by atoms with E-state index in [-0.39, 0.29) is 11.7 Å². The van der Waals surface area contributed by atoms with Crippen LogP contribution in [0.5, 0.6) is 5.75 Å². The maximum absolute atomic E-state index is 11.6. The molecule has 0 saturated heterocycles. The SMILES string of the molecule is CCCCc1cc2cc(C(=O)OCC)[nH]c2cc1O. The number of carbonyl (C=O) groups excluding carboxylic acids is 1. The third-order valence-electron chi connectivity index (χ3n) is 3.11. The van der Waals surface area contributed by atoms with Crippen molar-refractivity contribution in [1.82, 2.24) is 4.98 Å². The zero-order valence-corrected chi connectivity index (χ0v) is 11.3. The predicted molar refractivity (Wildman–Crippen MR) is 74.5 cm³/mol. The van der Waals surface area contributed by atoms with Crippen LogP contribution in [0.1, 0.15) is 42.7 Å². The molecule has 1 aromatic heterocycles. The number of hydrogen-bond acceptors (Lipinski definition) is 3. The van der Waals surface area contributed by atoms with E-state index in [9.17, 15) is 9.90 Å². The quantitative estimate of drug-likeness (QED) is 0.811. The first-order valence-electron chi connectivity index (χ1n) is 6.67. The predicted octanol–water partition coefficient (Wildman–Crippen LogP) is 3.39. The Morgan fingerprint density at radius 3 is 2.79 bits per heavy atom. The minimum Gasteiger partial charge on any atom is -0.508 e. The highest BCUT2D eigenvalue weighted by Gasteiger charge is 2.12. The lowest BCUT2D eigenvalue weighted by Gasteiger charge is -2.03. The number of aryl methyl sites for hydroxylation is 1. The summed E-state index contributed by atoms with van der Waals surface area (Å²) in [6.07, 6.45) is 2.96. The van der Waals surface area contributed by atoms with E-state index in [0.29, 0.717) is 12.3 Å². The molecule has 102 valence electrons. The number of esters is 1. The van der Waals surface area contributed by atoms with Gasteiger partial charge in [-0.25, -0.2) is 4.79 Å². The summed E-state index contributed by atoms with van der Waals surface area (Å²) in [7, 11) is 0. The van der Waals surface area contributed by atoms with Gasteiger partial charge in [-0.3, -0.25) is 0 Å². The van der Waals surface area contributed by atoms with Gasteiger partial charge in [-0.15, -0.1) is 0 Å². The molecule has 19 heavy (non-hydrogen) atoms. The molecule has 0 aliphatic heterocycles. The van der Waals surface area contributed by atoms with Crippen molar-refractivity contribution in [2.45, 2.75) is 33.1 Å². The molecule has 0 saturated carbocycles. The van der Waals surface area contributed by atoms with Gasteiger partial charge in [-0.2, -0.15) is 0 Å². The Labute approximate surface area is 112 Å². The van der Waals surface area contributed by atoms with Gasteiger partial charge in [0.25, 0.3) is 0 Å². The zero-order chi connectivity index (χ0) is 13.8. The van der Waals surface area contributed by atoms with Gasteiger partial charge in [0.2, 0.25) is 0 Å². The van der Waals surface area contributed by atoms with E-state index in [1.807, 2.05) is 6.07 Å². The smallest absolute Gasteiger partial charge is 0.354 e. The molecule has 4 nitrogen and oxygen atoms in total. The summed E-state index contributed by atoms with van der Waals surface area (Å²) in [6, 6.07) is 5.37. The fraction of sp³-hybridized carbons (Fsp3) is 0.400. The van der Waals surface area contributed by atoms with Gasteiger partial charge >= 0.3 is 5.97 Å². The van der Waals surface area contributed by atoms with Crippen LogP contribution in [0.2, 0.25) is 0 Å². The second-order valence-electron chi connectivity index (χ2n) is 4.58. The van der Waals surface area contributed by atoms with Gasteiger partial charge in [0.1, 0.15) is 11.4 Å². The summed E-state index contributed by atoms with van der Waals surface area (Å²) in [5.41, 5.74) is 2.09. The molecule has 2 rings (SSSR count). The fourth-order valence-corrected chi connectivity index (χ4v) is 2.10. The molecule has 0 aliphatic rings. The standard InChI is InChI=1S/C15H19NO3/c1-3-5-6-10-7-11-8-13(15(18)19-4-2)16-12(11)9-14(10)17/h7-9,16-17H,3-6H2,1-2H3. The Morgan fingerprint density at radius 1 is 1.32 bits per heavy atom. The number of ether oxygens (including phenoxy) is 1. The van der Waals surface area contributed by atoms with Crippen LogP contribution in [0.15, 0.2) is 18.2 Å². The highest BCUT2D eigenvalue weighted by molar-refractivity contribution is 5.95. The molecular weight excluding hydrogens is 242 g/mol. The number of H-pyrrole nitrogens is 1. The summed E-state index contributed by atoms with van der Waals surface area (Å²) >= 11 is 0. The van der Waals surface area contributed by atoms with Gasteiger partial charge in [0.05, 0.1) is 6.61 Å². The van der Waals surface area contributed by atoms with Gasteiger partial charge < -0.3 is 14.8 Å². The highest BCUT2D eigenvalue weighted by atomic mass is 16.5. The maximum Gasteiger partial charge on any atom is 0.354 e. The number of fused-ring (bicyclic) bond motifs is 1. The molecule has 0 radical (unpaired) electrons. The molecule has 0 bridgehead atoms. The Hall–Kier alpha value is -1.97. The van der Waals surface area contributed by atoms with Crippen molar-refractivity contribution in [3.63, 3.8) is 0 Å². The van der Waals surface area contributed by atoms with Crippen molar-refractivity contribution in [2.75, 3.05) is 6.61 Å². The van der Waals surface area contributed by atoms with Gasteiger partial charge in [-0.1, -0.05) is 13.3 Å². The number of phenolic OH excluding ortho intramolecular Hbond substituents is 1. The van der Waals surface area contributed by atoms with E-state index < -0.39 is 0 Å². The number of benzene rings is 1. The van der Waals surface area contributed by atoms with Crippen LogP contribution in [-0.4, -0.2) is 22.7 Å². The lowest BCUT2D eigenvalue weighted by Crippen LogP contribution is -2.04. The van der Waals surface area contributed by atoms with Crippen LogP contribution < -0.4 is 0 Å². The van der Waals surface area contributed by atoms with Crippen molar-refractivity contribution in [3.8, 4) is 5.75 Å². The molecule has 0 spiro atoms. The summed E-state index contributed by atoms with van der Waals surface area (Å²) in [6.45, 7) is 4.24. The number of aromatic hydroxyl groups is 1. The number of rotatable bonds is 5. The summed E-state index contributed by atoms with van der Waals surface area (Å²) < 4.78 is 4.95. The molecule has 4 heteroatoms. The molecule has 2 aromatic rings. The van der Waals surface area contributed by atoms with Crippen LogP contribution in [-0.2, 0) is 11.2 Å². The molecule has 0 amide bonds. The number of aromatic amines is 1. The van der Waals surface area contributed by atoms with E-state index in [0.717, 1.165) is 35.7 Å². The van der Waals surface area contributed by atoms with Crippen LogP contribution in [0, 0.1) is 0 Å². The van der Waals surface area contributed by atoms with Gasteiger partial charge in [-0.05, 0) is 37.5 Å². The largest absolute Gasteiger partial charge is 0.508 e. The van der Waals surface area contributed by atoms with E-state index in [2.05, 4.69) is 11.9 Å². The van der Waals surface area contributed by atoms with Crippen LogP contribution in [0.25, 0.3) is 10.9 Å². The molecule has 1 aromatic carbocycles. The number of carbonyl (C=O) groups is 1. The van der Waals surface area contributed by atoms with E-state index in [4.69, 9.17) is 4.74 Å². The third kappa shape index (κ3) is 2.89. The van der Waals surface area contributed by atoms with Crippen molar-refractivity contribution in [3.05, 3.63) is 29.5 Å². The maximum atomic E-state index is 11.6. The molecule has 1 heterocycles. The highest BCUT2D eigenvalue weighted by Crippen LogP contribution is 2.27. The third-order valence-corrected chi connectivity index (χ3v) is 3.11. The van der Waals surface area contributed by atoms with E-state index in [1.165, 1.54) is 0 Å². The number of nitrogens with one attached hydrogen (secondary N) is 1. The van der Waals surface area contributed by atoms with Crippen molar-refractivity contribution in [2.24, 2.45) is 0 Å². The van der Waals surface area contributed by atoms with Gasteiger partial charge in [0.15, 0.2) is 0 Å². The van der Waals surface area contributed by atoms with Crippen molar-refractivity contribution < 1.29 is 14.6 Å². The summed E-state index contributed by atoms with van der Waals surface area (Å²) in [5.74, 6) is -0.0912. The monoisotopic (exact) mass is 261 g/mol. The number of unbranched alkanes of at least 4 members (excludes halogenated alkanes) is 1. The average Bonchev–Trinajstić information content (AvgIpc) is 2.79. The first-order valence-corrected chi connectivity index (χ1v) is 6.67. The second kappa shape index (κ2) is 5.78. The number of aromatic nitrogens is 1. The molecule has 0 unspecified atom stereocenters. The van der Waals surface area contributed by atoms with E-state index in [1.54, 1.807) is 19.1 Å². The zero-order valence-electron chi connectivity index (χ0n) is 11.3. The van der Waals surface area contributed by atoms with Crippen LogP contribution >= 0.6 is 0 Å². The summed E-state index contributed by atoms with van der Waals surface area (Å²) in [5, 5.41) is 10.9. The Bertz CT molecular complexity index is 586. The normalized spacial score (nSPS) is 10.8. The van der Waals surface area contributed by atoms with Crippen LogP contribution in [0.3, 0.4) is 0 Å². The second-order valence-corrected chi connectivity index (χ2v) is 4.58. The minimum atomic E-state index is -0.367. The first kappa shape index (κ1) is 13.5. The lowest BCUT2D eigenvalue weighted by molar-refractivity contribution is 0.0520. The van der Waals surface area contributed by atoms with Crippen LogP contribution in [0.4, 0.5) is 0 Å². The summed E-state index contributed by atoms with van der Waals surface area (Å²) in [4.78, 5) is 14.6. The molecule has 0 fully saturated rings. The number of phenols is 1. The molecule has 0 aliphatic carbocycles. The van der Waals surface area contributed by atoms with E-state index >= 15 is 0 Å². The minimum absolute atomic E-state index is 0.276. The van der Waals surface area contributed by atoms with Gasteiger partial charge in [0, 0.05) is 17.0 Å². The topological polar surface area (TPSA) is 62.3 Å². The molecular formula is C15H19NO3. The Morgan fingerprint density at radius 2 is 2.11 bits per heavy atom. The number of hydrogen-bond donors (Lipinski definition) is 2.